The van der Waals surface area contributed by atoms with E-state index in [0.717, 1.165) is 6.07 Å². The predicted molar refractivity (Wildman–Crippen MR) is 71.9 cm³/mol. The van der Waals surface area contributed by atoms with Crippen molar-refractivity contribution in [2.75, 3.05) is 0 Å². The molecule has 0 aliphatic heterocycles. The summed E-state index contributed by atoms with van der Waals surface area (Å²) in [6.07, 6.45) is -4.53. The molecule has 3 N–H and O–H groups in total. The van der Waals surface area contributed by atoms with E-state index in [1.807, 2.05) is 20.8 Å². The van der Waals surface area contributed by atoms with Gasteiger partial charge in [0.25, 0.3) is 0 Å². The molecule has 0 saturated heterocycles. The summed E-state index contributed by atoms with van der Waals surface area (Å²) in [6.45, 7) is 5.79. The van der Waals surface area contributed by atoms with Crippen LogP contribution in [-0.4, -0.2) is 21.3 Å². The maximum atomic E-state index is 12.7. The molecular formula is C12H16F3N3OS. The highest BCUT2D eigenvalue weighted by molar-refractivity contribution is 7.99. The number of amidine groups is 1. The van der Waals surface area contributed by atoms with E-state index in [1.165, 1.54) is 17.8 Å². The first-order chi connectivity index (χ1) is 9.16. The molecule has 20 heavy (non-hydrogen) atoms. The molecular weight excluding hydrogens is 291 g/mol. The number of nitrogens with zero attached hydrogens (tertiary/aromatic N) is 2. The summed E-state index contributed by atoms with van der Waals surface area (Å²) in [7, 11) is 0. The second kappa shape index (κ2) is 6.34. The van der Waals surface area contributed by atoms with Crippen molar-refractivity contribution in [2.45, 2.75) is 37.2 Å². The van der Waals surface area contributed by atoms with Gasteiger partial charge >= 0.3 is 6.18 Å². The SMILES string of the molecule is CC(C)C(C)Sc1nc(C(F)(F)F)ccc1/C(N)=N/O. The van der Waals surface area contributed by atoms with Crippen molar-refractivity contribution in [3.8, 4) is 0 Å². The molecule has 1 aromatic rings. The van der Waals surface area contributed by atoms with Gasteiger partial charge in [0.05, 0.1) is 5.56 Å². The van der Waals surface area contributed by atoms with Gasteiger partial charge in [0.1, 0.15) is 10.7 Å². The standard InChI is InChI=1S/C12H16F3N3OS/c1-6(2)7(3)20-11-8(10(16)18-19)4-5-9(17-11)12(13,14)15/h4-7,19H,1-3H3,(H2,16,18). The van der Waals surface area contributed by atoms with Crippen molar-refractivity contribution < 1.29 is 18.4 Å². The smallest absolute Gasteiger partial charge is 0.409 e. The molecule has 0 amide bonds. The quantitative estimate of drug-likeness (QED) is 0.294. The Morgan fingerprint density at radius 3 is 2.40 bits per heavy atom. The molecule has 0 spiro atoms. The lowest BCUT2D eigenvalue weighted by atomic mass is 10.2. The van der Waals surface area contributed by atoms with Crippen LogP contribution in [0, 0.1) is 5.92 Å². The Hall–Kier alpha value is -1.44. The Morgan fingerprint density at radius 2 is 1.95 bits per heavy atom. The zero-order valence-electron chi connectivity index (χ0n) is 11.3. The second-order valence-corrected chi connectivity index (χ2v) is 5.97. The monoisotopic (exact) mass is 307 g/mol. The van der Waals surface area contributed by atoms with Crippen LogP contribution in [0.3, 0.4) is 0 Å². The largest absolute Gasteiger partial charge is 0.433 e. The third-order valence-corrected chi connectivity index (χ3v) is 4.22. The summed E-state index contributed by atoms with van der Waals surface area (Å²) >= 11 is 1.17. The topological polar surface area (TPSA) is 71.5 Å². The van der Waals surface area contributed by atoms with Gasteiger partial charge in [0.15, 0.2) is 5.84 Å². The molecule has 1 atom stereocenters. The van der Waals surface area contributed by atoms with E-state index in [2.05, 4.69) is 10.1 Å². The predicted octanol–water partition coefficient (Wildman–Crippen LogP) is 3.33. The van der Waals surface area contributed by atoms with Crippen LogP contribution >= 0.6 is 11.8 Å². The number of pyridine rings is 1. The maximum absolute atomic E-state index is 12.7. The average Bonchev–Trinajstić information content (AvgIpc) is 2.36. The van der Waals surface area contributed by atoms with Crippen LogP contribution < -0.4 is 5.73 Å². The van der Waals surface area contributed by atoms with Crippen LogP contribution in [0.15, 0.2) is 22.3 Å². The fourth-order valence-corrected chi connectivity index (χ4v) is 2.32. The lowest BCUT2D eigenvalue weighted by Crippen LogP contribution is -2.18. The minimum Gasteiger partial charge on any atom is -0.409 e. The summed E-state index contributed by atoms with van der Waals surface area (Å²) < 4.78 is 38.1. The summed E-state index contributed by atoms with van der Waals surface area (Å²) in [5.74, 6) is -0.0128. The summed E-state index contributed by atoms with van der Waals surface area (Å²) in [5.41, 5.74) is 4.67. The number of aromatic nitrogens is 1. The van der Waals surface area contributed by atoms with E-state index in [1.54, 1.807) is 0 Å². The highest BCUT2D eigenvalue weighted by Gasteiger charge is 2.33. The van der Waals surface area contributed by atoms with Crippen molar-refractivity contribution in [1.29, 1.82) is 0 Å². The van der Waals surface area contributed by atoms with Gasteiger partial charge in [-0.3, -0.25) is 0 Å². The van der Waals surface area contributed by atoms with E-state index in [9.17, 15) is 13.2 Å². The highest BCUT2D eigenvalue weighted by atomic mass is 32.2. The summed E-state index contributed by atoms with van der Waals surface area (Å²) in [6, 6.07) is 1.98. The fraction of sp³-hybridized carbons (Fsp3) is 0.500. The molecule has 112 valence electrons. The molecule has 0 aliphatic carbocycles. The lowest BCUT2D eigenvalue weighted by molar-refractivity contribution is -0.141. The number of oxime groups is 1. The number of hydrogen-bond donors (Lipinski definition) is 2. The molecule has 0 aliphatic rings. The van der Waals surface area contributed by atoms with Crippen LogP contribution in [0.2, 0.25) is 0 Å². The first-order valence-electron chi connectivity index (χ1n) is 5.89. The number of rotatable bonds is 4. The van der Waals surface area contributed by atoms with Crippen molar-refractivity contribution in [1.82, 2.24) is 4.98 Å². The molecule has 1 rings (SSSR count). The molecule has 0 bridgehead atoms. The van der Waals surface area contributed by atoms with Crippen molar-refractivity contribution in [2.24, 2.45) is 16.8 Å². The Labute approximate surface area is 119 Å². The van der Waals surface area contributed by atoms with Crippen LogP contribution in [-0.2, 0) is 6.18 Å². The number of nitrogens with two attached hydrogens (primary N) is 1. The van der Waals surface area contributed by atoms with E-state index < -0.39 is 11.9 Å². The first kappa shape index (κ1) is 16.6. The van der Waals surface area contributed by atoms with Crippen LogP contribution in [0.4, 0.5) is 13.2 Å². The Balaban J connectivity index is 3.27. The minimum atomic E-state index is -4.53. The van der Waals surface area contributed by atoms with Gasteiger partial charge in [-0.2, -0.15) is 13.2 Å². The highest BCUT2D eigenvalue weighted by Crippen LogP contribution is 2.33. The third-order valence-electron chi connectivity index (χ3n) is 2.77. The van der Waals surface area contributed by atoms with Crippen molar-refractivity contribution >= 4 is 17.6 Å². The van der Waals surface area contributed by atoms with Gasteiger partial charge in [-0.1, -0.05) is 25.9 Å². The molecule has 4 nitrogen and oxygen atoms in total. The van der Waals surface area contributed by atoms with Gasteiger partial charge in [-0.15, -0.1) is 11.8 Å². The number of alkyl halides is 3. The molecule has 1 heterocycles. The van der Waals surface area contributed by atoms with Gasteiger partial charge in [0.2, 0.25) is 0 Å². The summed E-state index contributed by atoms with van der Waals surface area (Å²) in [4.78, 5) is 3.60. The van der Waals surface area contributed by atoms with Crippen molar-refractivity contribution in [3.63, 3.8) is 0 Å². The Morgan fingerprint density at radius 1 is 1.35 bits per heavy atom. The molecule has 1 unspecified atom stereocenters. The van der Waals surface area contributed by atoms with Gasteiger partial charge < -0.3 is 10.9 Å². The lowest BCUT2D eigenvalue weighted by Gasteiger charge is -2.17. The maximum Gasteiger partial charge on any atom is 0.433 e. The zero-order chi connectivity index (χ0) is 15.5. The molecule has 0 fully saturated rings. The van der Waals surface area contributed by atoms with E-state index in [0.29, 0.717) is 0 Å². The van der Waals surface area contributed by atoms with E-state index in [-0.39, 0.29) is 27.6 Å². The zero-order valence-corrected chi connectivity index (χ0v) is 12.1. The van der Waals surface area contributed by atoms with Gasteiger partial charge in [0, 0.05) is 5.25 Å². The van der Waals surface area contributed by atoms with Gasteiger partial charge in [-0.05, 0) is 18.1 Å². The Kier molecular flexibility index (Phi) is 5.27. The Bertz CT molecular complexity index is 503. The molecule has 0 radical (unpaired) electrons. The number of halogens is 3. The van der Waals surface area contributed by atoms with Crippen molar-refractivity contribution in [3.05, 3.63) is 23.4 Å². The fourth-order valence-electron chi connectivity index (χ4n) is 1.25. The summed E-state index contributed by atoms with van der Waals surface area (Å²) in [5, 5.41) is 11.7. The van der Waals surface area contributed by atoms with Crippen LogP contribution in [0.5, 0.6) is 0 Å². The molecule has 1 aromatic heterocycles. The van der Waals surface area contributed by atoms with E-state index >= 15 is 0 Å². The third kappa shape index (κ3) is 4.03. The van der Waals surface area contributed by atoms with E-state index in [4.69, 9.17) is 10.9 Å². The van der Waals surface area contributed by atoms with Crippen LogP contribution in [0.1, 0.15) is 32.0 Å². The number of hydrogen-bond acceptors (Lipinski definition) is 4. The minimum absolute atomic E-state index is 0.0382. The average molecular weight is 307 g/mol. The van der Waals surface area contributed by atoms with Gasteiger partial charge in [-0.25, -0.2) is 4.98 Å². The number of thioether (sulfide) groups is 1. The van der Waals surface area contributed by atoms with Crippen LogP contribution in [0.25, 0.3) is 0 Å². The molecule has 8 heteroatoms. The second-order valence-electron chi connectivity index (χ2n) is 4.60. The molecule has 0 aromatic carbocycles. The molecule has 0 saturated carbocycles. The normalized spacial score (nSPS) is 14.7. The first-order valence-corrected chi connectivity index (χ1v) is 6.77.